The SMILES string of the molecule is CC(CCO)NC1CCC(NC(=O)OC(C)(C)C)C1. The van der Waals surface area contributed by atoms with Gasteiger partial charge in [0, 0.05) is 24.7 Å². The molecule has 0 saturated heterocycles. The maximum absolute atomic E-state index is 11.7. The topological polar surface area (TPSA) is 70.6 Å². The Balaban J connectivity index is 2.26. The largest absolute Gasteiger partial charge is 0.444 e. The lowest BCUT2D eigenvalue weighted by atomic mass is 10.1. The van der Waals surface area contributed by atoms with Crippen LogP contribution in [0.4, 0.5) is 4.79 Å². The van der Waals surface area contributed by atoms with Crippen molar-refractivity contribution in [1.82, 2.24) is 10.6 Å². The molecule has 0 heterocycles. The molecule has 1 aliphatic carbocycles. The van der Waals surface area contributed by atoms with Crippen molar-refractivity contribution in [2.75, 3.05) is 6.61 Å². The number of rotatable bonds is 5. The van der Waals surface area contributed by atoms with E-state index in [1.807, 2.05) is 20.8 Å². The van der Waals surface area contributed by atoms with Gasteiger partial charge in [0.15, 0.2) is 0 Å². The lowest BCUT2D eigenvalue weighted by Crippen LogP contribution is -2.40. The number of amides is 1. The Labute approximate surface area is 116 Å². The zero-order chi connectivity index (χ0) is 14.5. The van der Waals surface area contributed by atoms with Gasteiger partial charge >= 0.3 is 6.09 Å². The Morgan fingerprint density at radius 1 is 1.37 bits per heavy atom. The lowest BCUT2D eigenvalue weighted by molar-refractivity contribution is 0.0505. The quantitative estimate of drug-likeness (QED) is 0.713. The molecule has 1 saturated carbocycles. The first-order valence-corrected chi connectivity index (χ1v) is 7.16. The van der Waals surface area contributed by atoms with E-state index in [4.69, 9.17) is 9.84 Å². The van der Waals surface area contributed by atoms with Crippen molar-refractivity contribution in [3.8, 4) is 0 Å². The lowest BCUT2D eigenvalue weighted by Gasteiger charge is -2.22. The minimum absolute atomic E-state index is 0.189. The summed E-state index contributed by atoms with van der Waals surface area (Å²) in [6.45, 7) is 7.87. The first-order valence-electron chi connectivity index (χ1n) is 7.16. The zero-order valence-electron chi connectivity index (χ0n) is 12.5. The zero-order valence-corrected chi connectivity index (χ0v) is 12.5. The van der Waals surface area contributed by atoms with Crippen LogP contribution in [0.5, 0.6) is 0 Å². The van der Waals surface area contributed by atoms with E-state index < -0.39 is 5.60 Å². The Morgan fingerprint density at radius 2 is 2.00 bits per heavy atom. The summed E-state index contributed by atoms with van der Waals surface area (Å²) in [6, 6.07) is 0.922. The number of aliphatic hydroxyl groups excluding tert-OH is 1. The minimum atomic E-state index is -0.448. The van der Waals surface area contributed by atoms with Crippen molar-refractivity contribution in [2.45, 2.75) is 77.1 Å². The fourth-order valence-corrected chi connectivity index (χ4v) is 2.42. The molecule has 0 aromatic rings. The molecule has 0 spiro atoms. The van der Waals surface area contributed by atoms with Crippen LogP contribution in [-0.4, -0.2) is 41.5 Å². The minimum Gasteiger partial charge on any atom is -0.444 e. The van der Waals surface area contributed by atoms with Gasteiger partial charge in [-0.2, -0.15) is 0 Å². The molecule has 0 aromatic carbocycles. The van der Waals surface area contributed by atoms with Crippen molar-refractivity contribution in [3.05, 3.63) is 0 Å². The van der Waals surface area contributed by atoms with Gasteiger partial charge in [-0.05, 0) is 53.4 Å². The van der Waals surface area contributed by atoms with Crippen LogP contribution in [0.3, 0.4) is 0 Å². The molecular formula is C14H28N2O3. The molecule has 0 radical (unpaired) electrons. The van der Waals surface area contributed by atoms with Crippen LogP contribution in [-0.2, 0) is 4.74 Å². The smallest absolute Gasteiger partial charge is 0.407 e. The summed E-state index contributed by atoms with van der Waals surface area (Å²) >= 11 is 0. The van der Waals surface area contributed by atoms with Gasteiger partial charge in [-0.3, -0.25) is 0 Å². The molecule has 1 aliphatic rings. The van der Waals surface area contributed by atoms with Gasteiger partial charge in [-0.15, -0.1) is 0 Å². The van der Waals surface area contributed by atoms with Crippen molar-refractivity contribution in [3.63, 3.8) is 0 Å². The van der Waals surface area contributed by atoms with E-state index in [9.17, 15) is 4.79 Å². The molecule has 0 bridgehead atoms. The molecule has 5 heteroatoms. The fourth-order valence-electron chi connectivity index (χ4n) is 2.42. The van der Waals surface area contributed by atoms with E-state index in [2.05, 4.69) is 17.6 Å². The summed E-state index contributed by atoms with van der Waals surface area (Å²) in [4.78, 5) is 11.7. The van der Waals surface area contributed by atoms with Gasteiger partial charge in [-0.1, -0.05) is 0 Å². The molecule has 1 rings (SSSR count). The van der Waals surface area contributed by atoms with Gasteiger partial charge in [0.25, 0.3) is 0 Å². The molecular weight excluding hydrogens is 244 g/mol. The molecule has 1 fully saturated rings. The maximum atomic E-state index is 11.7. The first kappa shape index (κ1) is 16.2. The van der Waals surface area contributed by atoms with Crippen LogP contribution in [0.1, 0.15) is 53.4 Å². The third kappa shape index (κ3) is 6.78. The van der Waals surface area contributed by atoms with Crippen molar-refractivity contribution in [2.24, 2.45) is 0 Å². The summed E-state index contributed by atoms with van der Waals surface area (Å²) in [7, 11) is 0. The molecule has 112 valence electrons. The highest BCUT2D eigenvalue weighted by molar-refractivity contribution is 5.68. The molecule has 19 heavy (non-hydrogen) atoms. The van der Waals surface area contributed by atoms with Gasteiger partial charge in [0.2, 0.25) is 0 Å². The maximum Gasteiger partial charge on any atom is 0.407 e. The number of hydrogen-bond acceptors (Lipinski definition) is 4. The van der Waals surface area contributed by atoms with E-state index in [1.165, 1.54) is 0 Å². The second-order valence-corrected chi connectivity index (χ2v) is 6.43. The van der Waals surface area contributed by atoms with Crippen molar-refractivity contribution < 1.29 is 14.6 Å². The van der Waals surface area contributed by atoms with Crippen LogP contribution in [0.15, 0.2) is 0 Å². The Hall–Kier alpha value is -0.810. The number of nitrogens with one attached hydrogen (secondary N) is 2. The summed E-state index contributed by atoms with van der Waals surface area (Å²) in [5, 5.41) is 15.3. The van der Waals surface area contributed by atoms with Crippen LogP contribution < -0.4 is 10.6 Å². The van der Waals surface area contributed by atoms with Crippen LogP contribution >= 0.6 is 0 Å². The Kier molecular flexibility index (Phi) is 6.07. The van der Waals surface area contributed by atoms with Gasteiger partial charge < -0.3 is 20.5 Å². The number of alkyl carbamates (subject to hydrolysis) is 1. The Morgan fingerprint density at radius 3 is 2.58 bits per heavy atom. The number of carbonyl (C=O) groups is 1. The van der Waals surface area contributed by atoms with E-state index in [1.54, 1.807) is 0 Å². The fraction of sp³-hybridized carbons (Fsp3) is 0.929. The highest BCUT2D eigenvalue weighted by atomic mass is 16.6. The first-order chi connectivity index (χ1) is 8.80. The van der Waals surface area contributed by atoms with Gasteiger partial charge in [0.1, 0.15) is 5.60 Å². The molecule has 5 nitrogen and oxygen atoms in total. The van der Waals surface area contributed by atoms with Gasteiger partial charge in [-0.25, -0.2) is 4.79 Å². The summed E-state index contributed by atoms with van der Waals surface area (Å²) in [5.74, 6) is 0. The van der Waals surface area contributed by atoms with Crippen LogP contribution in [0.2, 0.25) is 0 Å². The predicted molar refractivity (Wildman–Crippen MR) is 75.1 cm³/mol. The number of hydrogen-bond donors (Lipinski definition) is 3. The van der Waals surface area contributed by atoms with E-state index in [0.717, 1.165) is 25.7 Å². The van der Waals surface area contributed by atoms with Crippen LogP contribution in [0, 0.1) is 0 Å². The van der Waals surface area contributed by atoms with Gasteiger partial charge in [0.05, 0.1) is 0 Å². The molecule has 0 aliphatic heterocycles. The van der Waals surface area contributed by atoms with Crippen LogP contribution in [0.25, 0.3) is 0 Å². The Bertz CT molecular complexity index is 289. The highest BCUT2D eigenvalue weighted by Gasteiger charge is 2.28. The second-order valence-electron chi connectivity index (χ2n) is 6.43. The van der Waals surface area contributed by atoms with Crippen molar-refractivity contribution in [1.29, 1.82) is 0 Å². The number of aliphatic hydroxyl groups is 1. The third-order valence-corrected chi connectivity index (χ3v) is 3.24. The van der Waals surface area contributed by atoms with E-state index >= 15 is 0 Å². The normalized spacial score (nSPS) is 25.1. The average Bonchev–Trinajstić information content (AvgIpc) is 2.62. The number of carbonyl (C=O) groups excluding carboxylic acids is 1. The highest BCUT2D eigenvalue weighted by Crippen LogP contribution is 2.20. The monoisotopic (exact) mass is 272 g/mol. The average molecular weight is 272 g/mol. The molecule has 0 aromatic heterocycles. The summed E-state index contributed by atoms with van der Waals surface area (Å²) in [6.07, 6.45) is 3.39. The predicted octanol–water partition coefficient (Wildman–Crippen LogP) is 1.79. The molecule has 1 amide bonds. The molecule has 3 unspecified atom stereocenters. The summed E-state index contributed by atoms with van der Waals surface area (Å²) < 4.78 is 5.25. The molecule has 3 N–H and O–H groups in total. The molecule has 3 atom stereocenters. The summed E-state index contributed by atoms with van der Waals surface area (Å²) in [5.41, 5.74) is -0.448. The third-order valence-electron chi connectivity index (χ3n) is 3.24. The standard InChI is InChI=1S/C14H28N2O3/c1-10(7-8-17)15-11-5-6-12(9-11)16-13(18)19-14(2,3)4/h10-12,15,17H,5-9H2,1-4H3,(H,16,18). The van der Waals surface area contributed by atoms with Crippen molar-refractivity contribution >= 4 is 6.09 Å². The second kappa shape index (κ2) is 7.10. The number of ether oxygens (including phenoxy) is 1. The van der Waals surface area contributed by atoms with E-state index in [-0.39, 0.29) is 18.7 Å². The van der Waals surface area contributed by atoms with E-state index in [0.29, 0.717) is 12.1 Å².